The van der Waals surface area contributed by atoms with Gasteiger partial charge in [0.05, 0.1) is 10.7 Å². The number of hydrogen-bond acceptors (Lipinski definition) is 4. The van der Waals surface area contributed by atoms with E-state index >= 15 is 0 Å². The maximum Gasteiger partial charge on any atom is 0.0951 e. The molecule has 0 radical (unpaired) electrons. The maximum absolute atomic E-state index is 4.76. The van der Waals surface area contributed by atoms with Crippen LogP contribution in [0.25, 0.3) is 11.3 Å². The zero-order chi connectivity index (χ0) is 14.5. The van der Waals surface area contributed by atoms with E-state index in [1.807, 2.05) is 49.8 Å². The Balaban J connectivity index is 1.78. The minimum Gasteiger partial charge on any atom is -0.313 e. The number of pyridine rings is 1. The van der Waals surface area contributed by atoms with Crippen molar-refractivity contribution < 1.29 is 0 Å². The van der Waals surface area contributed by atoms with Gasteiger partial charge in [-0.25, -0.2) is 4.98 Å². The van der Waals surface area contributed by atoms with Crippen molar-refractivity contribution in [3.8, 4) is 11.3 Å². The largest absolute Gasteiger partial charge is 0.313 e. The normalized spacial score (nSPS) is 12.2. The molecule has 0 aliphatic carbocycles. The molecular weight excluding hydrogens is 278 g/mol. The van der Waals surface area contributed by atoms with Crippen molar-refractivity contribution in [1.29, 1.82) is 0 Å². The van der Waals surface area contributed by atoms with E-state index in [4.69, 9.17) is 4.98 Å². The highest BCUT2D eigenvalue weighted by atomic mass is 32.1. The van der Waals surface area contributed by atoms with Gasteiger partial charge in [0.2, 0.25) is 0 Å². The fourth-order valence-electron chi connectivity index (χ4n) is 2.30. The highest BCUT2D eigenvalue weighted by Crippen LogP contribution is 2.25. The predicted octanol–water partition coefficient (Wildman–Crippen LogP) is 3.71. The predicted molar refractivity (Wildman–Crippen MR) is 87.3 cm³/mol. The number of aromatic nitrogens is 2. The van der Waals surface area contributed by atoms with Crippen LogP contribution in [0.3, 0.4) is 0 Å². The fraction of sp³-hybridized carbons (Fsp3) is 0.176. The summed E-state index contributed by atoms with van der Waals surface area (Å²) in [5.74, 6) is 0. The van der Waals surface area contributed by atoms with E-state index in [1.165, 1.54) is 11.1 Å². The molecule has 3 rings (SSSR count). The standard InChI is InChI=1S/C17H17N3S/c1-18-15(14-7-9-19-10-8-14)11-17-20-16(12-21-17)13-5-3-2-4-6-13/h2-10,12,15,18H,11H2,1H3. The van der Waals surface area contributed by atoms with Crippen molar-refractivity contribution in [2.75, 3.05) is 7.05 Å². The van der Waals surface area contributed by atoms with Gasteiger partial charge in [-0.2, -0.15) is 0 Å². The van der Waals surface area contributed by atoms with Crippen LogP contribution in [0, 0.1) is 0 Å². The molecule has 1 aromatic carbocycles. The topological polar surface area (TPSA) is 37.8 Å². The van der Waals surface area contributed by atoms with Crippen LogP contribution in [0.15, 0.2) is 60.2 Å². The van der Waals surface area contributed by atoms with E-state index in [-0.39, 0.29) is 6.04 Å². The van der Waals surface area contributed by atoms with E-state index in [1.54, 1.807) is 11.3 Å². The lowest BCUT2D eigenvalue weighted by atomic mass is 10.1. The molecule has 1 unspecified atom stereocenters. The lowest BCUT2D eigenvalue weighted by Crippen LogP contribution is -2.18. The summed E-state index contributed by atoms with van der Waals surface area (Å²) in [6.45, 7) is 0. The second-order valence-corrected chi connectivity index (χ2v) is 5.76. The first kappa shape index (κ1) is 13.9. The van der Waals surface area contributed by atoms with Gasteiger partial charge in [0.15, 0.2) is 0 Å². The number of thiazole rings is 1. The van der Waals surface area contributed by atoms with Crippen molar-refractivity contribution >= 4 is 11.3 Å². The molecule has 3 nitrogen and oxygen atoms in total. The number of nitrogens with zero attached hydrogens (tertiary/aromatic N) is 2. The van der Waals surface area contributed by atoms with E-state index in [9.17, 15) is 0 Å². The van der Waals surface area contributed by atoms with E-state index in [0.717, 1.165) is 17.1 Å². The summed E-state index contributed by atoms with van der Waals surface area (Å²) in [5, 5.41) is 6.63. The Labute approximate surface area is 128 Å². The van der Waals surface area contributed by atoms with Crippen LogP contribution in [0.4, 0.5) is 0 Å². The second-order valence-electron chi connectivity index (χ2n) is 4.82. The first-order chi connectivity index (χ1) is 10.4. The van der Waals surface area contributed by atoms with Crippen LogP contribution < -0.4 is 5.32 Å². The number of nitrogens with one attached hydrogen (secondary N) is 1. The molecule has 21 heavy (non-hydrogen) atoms. The molecule has 0 saturated carbocycles. The first-order valence-electron chi connectivity index (χ1n) is 6.94. The Hall–Kier alpha value is -2.04. The monoisotopic (exact) mass is 295 g/mol. The molecule has 3 aromatic rings. The summed E-state index contributed by atoms with van der Waals surface area (Å²) in [5.41, 5.74) is 3.47. The Kier molecular flexibility index (Phi) is 4.38. The Morgan fingerprint density at radius 1 is 1.10 bits per heavy atom. The molecule has 0 amide bonds. The fourth-order valence-corrected chi connectivity index (χ4v) is 3.15. The van der Waals surface area contributed by atoms with Gasteiger partial charge in [0, 0.05) is 35.8 Å². The highest BCUT2D eigenvalue weighted by molar-refractivity contribution is 7.09. The lowest BCUT2D eigenvalue weighted by Gasteiger charge is -2.14. The van der Waals surface area contributed by atoms with E-state index in [2.05, 4.69) is 27.8 Å². The van der Waals surface area contributed by atoms with Crippen molar-refractivity contribution in [1.82, 2.24) is 15.3 Å². The van der Waals surface area contributed by atoms with Crippen LogP contribution in [0.2, 0.25) is 0 Å². The molecule has 4 heteroatoms. The minimum absolute atomic E-state index is 0.266. The van der Waals surface area contributed by atoms with Crippen molar-refractivity contribution in [3.05, 3.63) is 70.8 Å². The van der Waals surface area contributed by atoms with Crippen LogP contribution in [-0.2, 0) is 6.42 Å². The molecular formula is C17H17N3S. The van der Waals surface area contributed by atoms with Crippen molar-refractivity contribution in [3.63, 3.8) is 0 Å². The molecule has 0 aliphatic heterocycles. The lowest BCUT2D eigenvalue weighted by molar-refractivity contribution is 0.590. The Bertz CT molecular complexity index is 680. The minimum atomic E-state index is 0.266. The van der Waals surface area contributed by atoms with Gasteiger partial charge in [-0.1, -0.05) is 30.3 Å². The number of benzene rings is 1. The number of likely N-dealkylation sites (N-methyl/N-ethyl adjacent to an activating group) is 1. The van der Waals surface area contributed by atoms with Crippen molar-refractivity contribution in [2.45, 2.75) is 12.5 Å². The van der Waals surface area contributed by atoms with Gasteiger partial charge in [-0.05, 0) is 24.7 Å². The summed E-state index contributed by atoms with van der Waals surface area (Å²) in [6, 6.07) is 14.7. The van der Waals surface area contributed by atoms with Gasteiger partial charge < -0.3 is 5.32 Å². The third-order valence-corrected chi connectivity index (χ3v) is 4.33. The third-order valence-electron chi connectivity index (χ3n) is 3.46. The second kappa shape index (κ2) is 6.61. The number of hydrogen-bond donors (Lipinski definition) is 1. The zero-order valence-electron chi connectivity index (χ0n) is 11.9. The Morgan fingerprint density at radius 3 is 2.57 bits per heavy atom. The molecule has 0 saturated heterocycles. The molecule has 1 N–H and O–H groups in total. The van der Waals surface area contributed by atoms with Crippen LogP contribution in [-0.4, -0.2) is 17.0 Å². The molecule has 0 fully saturated rings. The molecule has 1 atom stereocenters. The summed E-state index contributed by atoms with van der Waals surface area (Å²) < 4.78 is 0. The average Bonchev–Trinajstić information content (AvgIpc) is 3.03. The van der Waals surface area contributed by atoms with E-state index < -0.39 is 0 Å². The SMILES string of the molecule is CNC(Cc1nc(-c2ccccc2)cs1)c1ccncc1. The third kappa shape index (κ3) is 3.35. The van der Waals surface area contributed by atoms with Gasteiger partial charge in [-0.15, -0.1) is 11.3 Å². The molecule has 2 heterocycles. The molecule has 0 spiro atoms. The Morgan fingerprint density at radius 2 is 1.86 bits per heavy atom. The van der Waals surface area contributed by atoms with Gasteiger partial charge in [-0.3, -0.25) is 4.98 Å². The molecule has 0 aliphatic rings. The number of rotatable bonds is 5. The van der Waals surface area contributed by atoms with Crippen molar-refractivity contribution in [2.24, 2.45) is 0 Å². The smallest absolute Gasteiger partial charge is 0.0951 e. The quantitative estimate of drug-likeness (QED) is 0.780. The van der Waals surface area contributed by atoms with Gasteiger partial charge in [0.1, 0.15) is 0 Å². The van der Waals surface area contributed by atoms with Gasteiger partial charge in [0.25, 0.3) is 0 Å². The van der Waals surface area contributed by atoms with Crippen LogP contribution in [0.5, 0.6) is 0 Å². The molecule has 0 bridgehead atoms. The average molecular weight is 295 g/mol. The summed E-state index contributed by atoms with van der Waals surface area (Å²) in [6.07, 6.45) is 4.55. The molecule has 106 valence electrons. The molecule has 2 aromatic heterocycles. The van der Waals surface area contributed by atoms with Gasteiger partial charge >= 0.3 is 0 Å². The van der Waals surface area contributed by atoms with Crippen LogP contribution >= 0.6 is 11.3 Å². The maximum atomic E-state index is 4.76. The summed E-state index contributed by atoms with van der Waals surface area (Å²) >= 11 is 1.72. The summed E-state index contributed by atoms with van der Waals surface area (Å²) in [7, 11) is 1.98. The van der Waals surface area contributed by atoms with E-state index in [0.29, 0.717) is 0 Å². The highest BCUT2D eigenvalue weighted by Gasteiger charge is 2.13. The first-order valence-corrected chi connectivity index (χ1v) is 7.82. The van der Waals surface area contributed by atoms with Crippen LogP contribution in [0.1, 0.15) is 16.6 Å². The summed E-state index contributed by atoms with van der Waals surface area (Å²) in [4.78, 5) is 8.83. The zero-order valence-corrected chi connectivity index (χ0v) is 12.7.